The van der Waals surface area contributed by atoms with Crippen molar-refractivity contribution in [1.82, 2.24) is 30.3 Å². The van der Waals surface area contributed by atoms with Crippen LogP contribution in [0, 0.1) is 23.7 Å². The molecule has 0 aliphatic carbocycles. The van der Waals surface area contributed by atoms with E-state index >= 15 is 0 Å². The molecule has 13 unspecified atom stereocenters. The lowest BCUT2D eigenvalue weighted by Gasteiger charge is -2.41. The van der Waals surface area contributed by atoms with Crippen LogP contribution in [-0.4, -0.2) is 179 Å². The molecule has 380 valence electrons. The quantitative estimate of drug-likeness (QED) is 0.0691. The Kier molecular flexibility index (Phi) is 24.3. The number of hydrogen-bond donors (Lipinski definition) is 6. The van der Waals surface area contributed by atoms with Gasteiger partial charge in [-0.1, -0.05) is 85.2 Å². The molecule has 0 spiro atoms. The number of hydrogen-bond acceptors (Lipinski definition) is 14. The number of aromatic nitrogens is 1. The van der Waals surface area contributed by atoms with Crippen LogP contribution in [-0.2, 0) is 39.8 Å². The van der Waals surface area contributed by atoms with Gasteiger partial charge < -0.3 is 55.1 Å². The number of thiazole rings is 1. The third-order valence-corrected chi connectivity index (χ3v) is 14.2. The van der Waals surface area contributed by atoms with Crippen LogP contribution < -0.4 is 10.6 Å². The highest BCUT2D eigenvalue weighted by atomic mass is 32.1. The van der Waals surface area contributed by atoms with Crippen LogP contribution in [0.25, 0.3) is 0 Å². The number of methoxy groups -OCH3 is 2. The summed E-state index contributed by atoms with van der Waals surface area (Å²) in [6.45, 7) is 15.2. The van der Waals surface area contributed by atoms with Gasteiger partial charge in [-0.25, -0.2) is 4.98 Å². The summed E-state index contributed by atoms with van der Waals surface area (Å²) in [4.78, 5) is 66.6. The third kappa shape index (κ3) is 16.0. The number of aliphatic hydroxyl groups excluding tert-OH is 4. The first-order valence-electron chi connectivity index (χ1n) is 23.9. The van der Waals surface area contributed by atoms with Crippen LogP contribution in [0.1, 0.15) is 97.7 Å². The van der Waals surface area contributed by atoms with Crippen molar-refractivity contribution in [3.05, 3.63) is 52.5 Å². The lowest BCUT2D eigenvalue weighted by molar-refractivity contribution is -0.148. The maximum atomic E-state index is 14.6. The number of amides is 4. The van der Waals surface area contributed by atoms with Crippen molar-refractivity contribution in [2.45, 2.75) is 154 Å². The van der Waals surface area contributed by atoms with E-state index in [9.17, 15) is 39.6 Å². The minimum atomic E-state index is -1.73. The van der Waals surface area contributed by atoms with Crippen molar-refractivity contribution >= 4 is 35.0 Å². The van der Waals surface area contributed by atoms with E-state index in [0.717, 1.165) is 17.0 Å². The fourth-order valence-corrected chi connectivity index (χ4v) is 10.0. The van der Waals surface area contributed by atoms with Crippen molar-refractivity contribution in [2.24, 2.45) is 23.7 Å². The Morgan fingerprint density at radius 1 is 0.896 bits per heavy atom. The zero-order valence-corrected chi connectivity index (χ0v) is 42.7. The fourth-order valence-electron chi connectivity index (χ4n) is 9.36. The molecular formula is C49H82N6O11S. The highest BCUT2D eigenvalue weighted by Gasteiger charge is 2.44. The van der Waals surface area contributed by atoms with Gasteiger partial charge in [0, 0.05) is 52.5 Å². The monoisotopic (exact) mass is 963 g/mol. The largest absolute Gasteiger partial charge is 0.389 e. The molecule has 0 bridgehead atoms. The van der Waals surface area contributed by atoms with E-state index < -0.39 is 66.6 Å². The van der Waals surface area contributed by atoms with Gasteiger partial charge in [-0.3, -0.25) is 24.1 Å². The number of nitrogens with zero attached hydrogens (tertiary/aromatic N) is 4. The number of carbonyl (C=O) groups excluding carboxylic acids is 4. The molecule has 3 rings (SSSR count). The van der Waals surface area contributed by atoms with Crippen molar-refractivity contribution in [3.63, 3.8) is 0 Å². The minimum Gasteiger partial charge on any atom is -0.389 e. The van der Waals surface area contributed by atoms with E-state index in [1.54, 1.807) is 49.0 Å². The summed E-state index contributed by atoms with van der Waals surface area (Å²) in [5, 5.41) is 51.0. The molecule has 17 nitrogen and oxygen atoms in total. The topological polar surface area (TPSA) is 224 Å². The van der Waals surface area contributed by atoms with Gasteiger partial charge in [0.15, 0.2) is 0 Å². The van der Waals surface area contributed by atoms with Gasteiger partial charge in [0.25, 0.3) is 0 Å². The van der Waals surface area contributed by atoms with E-state index in [4.69, 9.17) is 14.2 Å². The molecular weight excluding hydrogens is 881 g/mol. The van der Waals surface area contributed by atoms with Gasteiger partial charge in [0.2, 0.25) is 23.6 Å². The van der Waals surface area contributed by atoms with Gasteiger partial charge in [-0.05, 0) is 56.6 Å². The molecule has 13 atom stereocenters. The number of benzene rings is 1. The van der Waals surface area contributed by atoms with Crippen molar-refractivity contribution in [1.29, 1.82) is 0 Å². The highest BCUT2D eigenvalue weighted by Crippen LogP contribution is 2.31. The number of aliphatic hydroxyl groups is 4. The first-order valence-corrected chi connectivity index (χ1v) is 24.8. The molecule has 6 N–H and O–H groups in total. The van der Waals surface area contributed by atoms with E-state index in [1.807, 2.05) is 84.2 Å². The predicted molar refractivity (Wildman–Crippen MR) is 258 cm³/mol. The van der Waals surface area contributed by atoms with Crippen LogP contribution >= 0.6 is 11.3 Å². The van der Waals surface area contributed by atoms with Crippen molar-refractivity contribution in [2.75, 3.05) is 54.6 Å². The van der Waals surface area contributed by atoms with E-state index in [2.05, 4.69) is 15.6 Å². The van der Waals surface area contributed by atoms with Gasteiger partial charge in [-0.2, -0.15) is 0 Å². The molecule has 67 heavy (non-hydrogen) atoms. The average molecular weight is 963 g/mol. The van der Waals surface area contributed by atoms with Gasteiger partial charge in [0.1, 0.15) is 29.4 Å². The van der Waals surface area contributed by atoms with Crippen LogP contribution in [0.2, 0.25) is 0 Å². The summed E-state index contributed by atoms with van der Waals surface area (Å²) in [6.07, 6.45) is -3.40. The Morgan fingerprint density at radius 3 is 2.10 bits per heavy atom. The molecule has 1 fully saturated rings. The molecule has 1 saturated heterocycles. The zero-order chi connectivity index (χ0) is 50.1. The number of carbonyl (C=O) groups is 4. The Labute approximate surface area is 402 Å². The second-order valence-electron chi connectivity index (χ2n) is 18.8. The molecule has 2 heterocycles. The number of rotatable bonds is 29. The molecule has 0 saturated carbocycles. The minimum absolute atomic E-state index is 0.0374. The molecule has 18 heteroatoms. The third-order valence-electron chi connectivity index (χ3n) is 13.3. The summed E-state index contributed by atoms with van der Waals surface area (Å²) in [5.74, 6) is -2.59. The molecule has 1 aromatic heterocycles. The zero-order valence-electron chi connectivity index (χ0n) is 41.9. The summed E-state index contributed by atoms with van der Waals surface area (Å²) >= 11 is 1.48. The van der Waals surface area contributed by atoms with Crippen LogP contribution in [0.15, 0.2) is 41.9 Å². The Hall–Kier alpha value is -3.59. The number of ether oxygens (including phenoxy) is 3. The van der Waals surface area contributed by atoms with E-state index in [1.165, 1.54) is 18.4 Å². The summed E-state index contributed by atoms with van der Waals surface area (Å²) in [5.41, 5.74) is 1.07. The van der Waals surface area contributed by atoms with Crippen molar-refractivity contribution < 1.29 is 53.8 Å². The van der Waals surface area contributed by atoms with E-state index in [0.29, 0.717) is 32.4 Å². The Balaban J connectivity index is 1.77. The fraction of sp³-hybridized carbons (Fsp3) is 0.735. The lowest BCUT2D eigenvalue weighted by Crippen LogP contribution is -2.60. The SMILES string of the molecule is CCOCC(O)C(O)C(O)C(O)CN(C)C(C(=O)NC(C(=O)N(C)C(C(C)CC)C(CC(=O)N1CCCC1C(OC)C(C)C(=O)NC(Cc1ccccc1)c1nccs1)OC)C(C)C)C(C)C. The van der Waals surface area contributed by atoms with Crippen LogP contribution in [0.5, 0.6) is 0 Å². The van der Waals surface area contributed by atoms with Gasteiger partial charge in [-0.15, -0.1) is 11.3 Å². The average Bonchev–Trinajstić information content (AvgIpc) is 4.03. The molecule has 1 aliphatic heterocycles. The molecule has 0 radical (unpaired) electrons. The molecule has 4 amide bonds. The normalized spacial score (nSPS) is 19.7. The summed E-state index contributed by atoms with van der Waals surface area (Å²) in [7, 11) is 6.37. The highest BCUT2D eigenvalue weighted by molar-refractivity contribution is 7.09. The molecule has 1 aliphatic rings. The maximum absolute atomic E-state index is 14.6. The second kappa shape index (κ2) is 28.2. The van der Waals surface area contributed by atoms with Crippen LogP contribution in [0.4, 0.5) is 0 Å². The summed E-state index contributed by atoms with van der Waals surface area (Å²) < 4.78 is 17.3. The lowest BCUT2D eigenvalue weighted by atomic mass is 9.89. The van der Waals surface area contributed by atoms with Gasteiger partial charge >= 0.3 is 0 Å². The smallest absolute Gasteiger partial charge is 0.245 e. The first-order chi connectivity index (χ1) is 31.7. The number of nitrogens with one attached hydrogen (secondary N) is 2. The first kappa shape index (κ1) is 57.7. The standard InChI is InChI=1S/C49H82N6O11S/c1-13-31(7)42(54(10)49(63)40(29(3)4)52-47(62)41(30(5)6)53(9)27-36(56)43(59)44(60)37(57)28-66-14-2)38(64-11)26-39(58)55-23-18-21-35(55)45(65-12)32(8)46(61)51-34(48-50-22-24-67-48)25-33-19-16-15-17-20-33/h15-17,19-20,22,24,29-32,34-38,40-45,56-57,59-60H,13-14,18,21,23,25-28H2,1-12H3,(H,51,61)(H,52,62). The maximum Gasteiger partial charge on any atom is 0.245 e. The molecule has 1 aromatic carbocycles. The number of likely N-dealkylation sites (N-methyl/N-ethyl adjacent to an activating group) is 2. The van der Waals surface area contributed by atoms with Crippen LogP contribution in [0.3, 0.4) is 0 Å². The van der Waals surface area contributed by atoms with Crippen molar-refractivity contribution in [3.8, 4) is 0 Å². The van der Waals surface area contributed by atoms with E-state index in [-0.39, 0.29) is 67.1 Å². The predicted octanol–water partition coefficient (Wildman–Crippen LogP) is 3.04. The molecule has 2 aromatic rings. The second-order valence-corrected chi connectivity index (χ2v) is 19.8. The van der Waals surface area contributed by atoms with Gasteiger partial charge in [0.05, 0.1) is 61.4 Å². The Bertz CT molecular complexity index is 1780. The number of likely N-dealkylation sites (tertiary alicyclic amines) is 1. The summed E-state index contributed by atoms with van der Waals surface area (Å²) in [6, 6.07) is 6.81. The Morgan fingerprint density at radius 2 is 1.55 bits per heavy atom.